The molecule has 8 heteroatoms. The Labute approximate surface area is 182 Å². The lowest BCUT2D eigenvalue weighted by Gasteiger charge is -2.27. The van der Waals surface area contributed by atoms with Crippen molar-refractivity contribution in [2.24, 2.45) is 13.0 Å². The van der Waals surface area contributed by atoms with Crippen LogP contribution in [0.2, 0.25) is 0 Å². The van der Waals surface area contributed by atoms with Crippen LogP contribution in [0.4, 0.5) is 0 Å². The van der Waals surface area contributed by atoms with Gasteiger partial charge in [0.2, 0.25) is 11.8 Å². The van der Waals surface area contributed by atoms with Crippen molar-refractivity contribution in [3.05, 3.63) is 23.9 Å². The van der Waals surface area contributed by atoms with E-state index in [-0.39, 0.29) is 23.8 Å². The summed E-state index contributed by atoms with van der Waals surface area (Å²) in [5.74, 6) is 0.807. The number of nitrogens with zero attached hydrogens (tertiary/aromatic N) is 3. The maximum absolute atomic E-state index is 12.3. The molecule has 2 amide bonds. The molecule has 4 heterocycles. The number of carbonyl (C=O) groups is 2. The molecule has 3 aliphatic rings. The number of benzene rings is 1. The molecule has 0 saturated carbocycles. The number of amides is 2. The number of hydrogen-bond acceptors (Lipinski definition) is 6. The number of fused-ring (bicyclic) bond motifs is 1. The van der Waals surface area contributed by atoms with Gasteiger partial charge >= 0.3 is 0 Å². The summed E-state index contributed by atoms with van der Waals surface area (Å²) in [5, 5.41) is 11.4. The zero-order valence-electron chi connectivity index (χ0n) is 18.1. The van der Waals surface area contributed by atoms with E-state index < -0.39 is 0 Å². The van der Waals surface area contributed by atoms with Crippen molar-refractivity contribution < 1.29 is 14.3 Å². The largest absolute Gasteiger partial charge is 0.489 e. The number of imide groups is 1. The van der Waals surface area contributed by atoms with E-state index in [1.807, 2.05) is 25.2 Å². The van der Waals surface area contributed by atoms with Crippen LogP contribution >= 0.6 is 0 Å². The second-order valence-corrected chi connectivity index (χ2v) is 9.17. The van der Waals surface area contributed by atoms with Crippen LogP contribution in [0, 0.1) is 5.92 Å². The van der Waals surface area contributed by atoms with Crippen molar-refractivity contribution >= 4 is 22.7 Å². The van der Waals surface area contributed by atoms with E-state index in [1.54, 1.807) is 4.68 Å². The smallest absolute Gasteiger partial charge is 0.235 e. The van der Waals surface area contributed by atoms with Crippen molar-refractivity contribution in [1.29, 1.82) is 0 Å². The van der Waals surface area contributed by atoms with Crippen LogP contribution in [0.15, 0.2) is 18.2 Å². The average molecular weight is 426 g/mol. The molecule has 2 N–H and O–H groups in total. The van der Waals surface area contributed by atoms with Gasteiger partial charge in [-0.25, -0.2) is 0 Å². The van der Waals surface area contributed by atoms with Crippen LogP contribution < -0.4 is 15.4 Å². The number of hydrogen-bond donors (Lipinski definition) is 2. The van der Waals surface area contributed by atoms with E-state index in [0.29, 0.717) is 12.8 Å². The first kappa shape index (κ1) is 20.5. The van der Waals surface area contributed by atoms with E-state index in [9.17, 15) is 9.59 Å². The molecule has 166 valence electrons. The SMILES string of the molecule is Cn1nc(C2CCC(=O)NC2=O)c2ccc(OC3CCN(CC4CCNCC4)C3)cc21. The summed E-state index contributed by atoms with van der Waals surface area (Å²) in [7, 11) is 1.89. The Hall–Kier alpha value is -2.45. The van der Waals surface area contributed by atoms with Gasteiger partial charge in [0.25, 0.3) is 0 Å². The monoisotopic (exact) mass is 425 g/mol. The number of nitrogens with one attached hydrogen (secondary N) is 2. The highest BCUT2D eigenvalue weighted by Gasteiger charge is 2.32. The van der Waals surface area contributed by atoms with Gasteiger partial charge in [-0.3, -0.25) is 24.5 Å². The van der Waals surface area contributed by atoms with Crippen LogP contribution in [-0.4, -0.2) is 65.3 Å². The first-order valence-corrected chi connectivity index (χ1v) is 11.5. The van der Waals surface area contributed by atoms with Gasteiger partial charge in [0.05, 0.1) is 17.1 Å². The normalized spacial score (nSPS) is 25.8. The van der Waals surface area contributed by atoms with Crippen LogP contribution in [0.25, 0.3) is 10.9 Å². The van der Waals surface area contributed by atoms with Crippen molar-refractivity contribution in [3.8, 4) is 5.75 Å². The fourth-order valence-electron chi connectivity index (χ4n) is 5.23. The van der Waals surface area contributed by atoms with Gasteiger partial charge in [-0.05, 0) is 56.8 Å². The number of carbonyl (C=O) groups excluding carboxylic acids is 2. The molecule has 2 aromatic rings. The van der Waals surface area contributed by atoms with Gasteiger partial charge in [0, 0.05) is 44.6 Å². The number of ether oxygens (including phenoxy) is 1. The fourth-order valence-corrected chi connectivity index (χ4v) is 5.23. The van der Waals surface area contributed by atoms with Crippen molar-refractivity contribution in [3.63, 3.8) is 0 Å². The minimum Gasteiger partial charge on any atom is -0.489 e. The first-order chi connectivity index (χ1) is 15.1. The topological polar surface area (TPSA) is 88.5 Å². The van der Waals surface area contributed by atoms with E-state index >= 15 is 0 Å². The van der Waals surface area contributed by atoms with Crippen LogP contribution in [0.3, 0.4) is 0 Å². The number of aromatic nitrogens is 2. The zero-order chi connectivity index (χ0) is 21.4. The Bertz CT molecular complexity index is 981. The van der Waals surface area contributed by atoms with Gasteiger partial charge in [-0.15, -0.1) is 0 Å². The molecule has 3 aliphatic heterocycles. The molecule has 1 aromatic carbocycles. The van der Waals surface area contributed by atoms with Gasteiger partial charge in [-0.1, -0.05) is 0 Å². The molecule has 0 spiro atoms. The van der Waals surface area contributed by atoms with Gasteiger partial charge in [-0.2, -0.15) is 5.10 Å². The molecule has 3 fully saturated rings. The molecule has 2 unspecified atom stereocenters. The highest BCUT2D eigenvalue weighted by molar-refractivity contribution is 6.02. The van der Waals surface area contributed by atoms with Gasteiger partial charge in [0.15, 0.2) is 0 Å². The lowest BCUT2D eigenvalue weighted by molar-refractivity contribution is -0.134. The Balaban J connectivity index is 1.26. The summed E-state index contributed by atoms with van der Waals surface area (Å²) in [6, 6.07) is 6.00. The molecule has 8 nitrogen and oxygen atoms in total. The molecule has 3 saturated heterocycles. The first-order valence-electron chi connectivity index (χ1n) is 11.5. The lowest BCUT2D eigenvalue weighted by atomic mass is 9.93. The molecule has 31 heavy (non-hydrogen) atoms. The van der Waals surface area contributed by atoms with Gasteiger partial charge in [0.1, 0.15) is 11.9 Å². The number of aryl methyl sites for hydroxylation is 1. The summed E-state index contributed by atoms with van der Waals surface area (Å²) in [4.78, 5) is 26.3. The summed E-state index contributed by atoms with van der Waals surface area (Å²) in [6.45, 7) is 5.54. The second kappa shape index (κ2) is 8.59. The zero-order valence-corrected chi connectivity index (χ0v) is 18.1. The molecule has 0 radical (unpaired) electrons. The number of rotatable bonds is 5. The summed E-state index contributed by atoms with van der Waals surface area (Å²) < 4.78 is 8.13. The summed E-state index contributed by atoms with van der Waals surface area (Å²) in [5.41, 5.74) is 1.69. The maximum Gasteiger partial charge on any atom is 0.235 e. The Morgan fingerprint density at radius 2 is 2.00 bits per heavy atom. The second-order valence-electron chi connectivity index (χ2n) is 9.17. The standard InChI is InChI=1S/C23H31N5O3/c1-27-20-12-16(31-17-8-11-28(14-17)13-15-6-9-24-10-7-15)2-3-18(20)22(26-27)19-4-5-21(29)25-23(19)30/h2-3,12,15,17,19,24H,4-11,13-14H2,1H3,(H,25,29,30). The van der Waals surface area contributed by atoms with E-state index in [0.717, 1.165) is 60.9 Å². The fraction of sp³-hybridized carbons (Fsp3) is 0.609. The Morgan fingerprint density at radius 1 is 1.16 bits per heavy atom. The van der Waals surface area contributed by atoms with Gasteiger partial charge < -0.3 is 10.1 Å². The molecule has 2 atom stereocenters. The van der Waals surface area contributed by atoms with Crippen LogP contribution in [-0.2, 0) is 16.6 Å². The number of piperidine rings is 2. The van der Waals surface area contributed by atoms with Crippen LogP contribution in [0.1, 0.15) is 43.7 Å². The molecule has 5 rings (SSSR count). The third-order valence-corrected chi connectivity index (χ3v) is 6.93. The van der Waals surface area contributed by atoms with Crippen molar-refractivity contribution in [2.75, 3.05) is 32.7 Å². The maximum atomic E-state index is 12.3. The Kier molecular flexibility index (Phi) is 5.67. The highest BCUT2D eigenvalue weighted by atomic mass is 16.5. The van der Waals surface area contributed by atoms with Crippen LogP contribution in [0.5, 0.6) is 5.75 Å². The number of likely N-dealkylation sites (tertiary alicyclic amines) is 1. The van der Waals surface area contributed by atoms with E-state index in [1.165, 1.54) is 19.4 Å². The molecule has 1 aromatic heterocycles. The third-order valence-electron chi connectivity index (χ3n) is 6.93. The van der Waals surface area contributed by atoms with E-state index in [2.05, 4.69) is 20.6 Å². The molecule has 0 bridgehead atoms. The molecule has 0 aliphatic carbocycles. The molecular weight excluding hydrogens is 394 g/mol. The van der Waals surface area contributed by atoms with Crippen molar-refractivity contribution in [2.45, 2.75) is 44.1 Å². The summed E-state index contributed by atoms with van der Waals surface area (Å²) >= 11 is 0. The lowest BCUT2D eigenvalue weighted by Crippen LogP contribution is -2.39. The third kappa shape index (κ3) is 4.32. The minimum absolute atomic E-state index is 0.206. The van der Waals surface area contributed by atoms with E-state index in [4.69, 9.17) is 4.74 Å². The predicted octanol–water partition coefficient (Wildman–Crippen LogP) is 1.55. The van der Waals surface area contributed by atoms with Crippen molar-refractivity contribution in [1.82, 2.24) is 25.3 Å². The molecular formula is C23H31N5O3. The minimum atomic E-state index is -0.383. The Morgan fingerprint density at radius 3 is 2.81 bits per heavy atom. The predicted molar refractivity (Wildman–Crippen MR) is 117 cm³/mol. The quantitative estimate of drug-likeness (QED) is 0.707. The summed E-state index contributed by atoms with van der Waals surface area (Å²) in [6.07, 6.45) is 4.66. The highest BCUT2D eigenvalue weighted by Crippen LogP contribution is 2.32. The average Bonchev–Trinajstić information content (AvgIpc) is 3.33.